The lowest BCUT2D eigenvalue weighted by Gasteiger charge is -2.15. The Balaban J connectivity index is 3.37. The second kappa shape index (κ2) is 6.88. The van der Waals surface area contributed by atoms with Crippen LogP contribution in [0.2, 0.25) is 0 Å². The molecule has 0 unspecified atom stereocenters. The molecule has 0 saturated heterocycles. The van der Waals surface area contributed by atoms with Gasteiger partial charge in [0, 0.05) is 5.56 Å². The maximum atomic E-state index is 11.0. The Morgan fingerprint density at radius 3 is 1.79 bits per heavy atom. The summed E-state index contributed by atoms with van der Waals surface area (Å²) in [5, 5.41) is 0. The van der Waals surface area contributed by atoms with E-state index in [1.54, 1.807) is 6.92 Å². The molecule has 0 aromatic heterocycles. The van der Waals surface area contributed by atoms with Gasteiger partial charge in [-0.2, -0.15) is 0 Å². The Morgan fingerprint density at radius 2 is 1.47 bits per heavy atom. The van der Waals surface area contributed by atoms with Gasteiger partial charge in [0.1, 0.15) is 24.7 Å². The summed E-state index contributed by atoms with van der Waals surface area (Å²) in [4.78, 5) is 22.0. The molecule has 0 amide bonds. The van der Waals surface area contributed by atoms with E-state index in [4.69, 9.17) is 22.3 Å². The molecular weight excluding hydrogens is 244 g/mol. The van der Waals surface area contributed by atoms with Gasteiger partial charge in [-0.05, 0) is 13.0 Å². The summed E-state index contributed by atoms with van der Waals surface area (Å²) in [5.41, 5.74) is 0.989. The number of carbonyl (C=O) groups is 2. The van der Waals surface area contributed by atoms with Gasteiger partial charge in [0.25, 0.3) is 0 Å². The summed E-state index contributed by atoms with van der Waals surface area (Å²) in [6, 6.07) is 1.38. The second-order valence-electron chi connectivity index (χ2n) is 3.56. The van der Waals surface area contributed by atoms with Gasteiger partial charge in [0.15, 0.2) is 12.6 Å². The van der Waals surface area contributed by atoms with Crippen LogP contribution in [0.1, 0.15) is 26.3 Å². The zero-order chi connectivity index (χ0) is 14.3. The molecule has 19 heavy (non-hydrogen) atoms. The highest BCUT2D eigenvalue weighted by Gasteiger charge is 2.17. The van der Waals surface area contributed by atoms with Crippen molar-refractivity contribution >= 4 is 12.6 Å². The van der Waals surface area contributed by atoms with Gasteiger partial charge in [-0.25, -0.2) is 0 Å². The fourth-order valence-electron chi connectivity index (χ4n) is 1.62. The molecule has 0 N–H and O–H groups in total. The van der Waals surface area contributed by atoms with Crippen molar-refractivity contribution in [2.45, 2.75) is 6.92 Å². The van der Waals surface area contributed by atoms with Crippen molar-refractivity contribution < 1.29 is 19.1 Å². The number of ether oxygens (including phenoxy) is 2. The van der Waals surface area contributed by atoms with Crippen molar-refractivity contribution in [2.24, 2.45) is 0 Å². The van der Waals surface area contributed by atoms with E-state index in [1.165, 1.54) is 6.07 Å². The highest BCUT2D eigenvalue weighted by Crippen LogP contribution is 2.33. The van der Waals surface area contributed by atoms with Crippen molar-refractivity contribution in [1.29, 1.82) is 0 Å². The third kappa shape index (κ3) is 3.14. The van der Waals surface area contributed by atoms with Crippen LogP contribution in [0.4, 0.5) is 0 Å². The molecule has 1 rings (SSSR count). The molecule has 0 saturated carbocycles. The quantitative estimate of drug-likeness (QED) is 0.573. The van der Waals surface area contributed by atoms with Crippen LogP contribution in [0, 0.1) is 31.6 Å². The first-order valence-electron chi connectivity index (χ1n) is 5.40. The van der Waals surface area contributed by atoms with Gasteiger partial charge >= 0.3 is 0 Å². The molecule has 1 aromatic rings. The van der Waals surface area contributed by atoms with Gasteiger partial charge < -0.3 is 9.47 Å². The molecule has 0 spiro atoms. The number of benzene rings is 1. The lowest BCUT2D eigenvalue weighted by atomic mass is 10.0. The van der Waals surface area contributed by atoms with Crippen LogP contribution in [-0.4, -0.2) is 25.8 Å². The van der Waals surface area contributed by atoms with E-state index in [1.807, 2.05) is 0 Å². The fraction of sp³-hybridized carbons (Fsp3) is 0.200. The van der Waals surface area contributed by atoms with E-state index in [0.29, 0.717) is 29.6 Å². The maximum Gasteiger partial charge on any atom is 0.153 e. The molecular formula is C15H12O4. The van der Waals surface area contributed by atoms with Crippen LogP contribution in [0.15, 0.2) is 6.07 Å². The maximum absolute atomic E-state index is 11.0. The number of hydrogen-bond acceptors (Lipinski definition) is 4. The largest absolute Gasteiger partial charge is 0.480 e. The summed E-state index contributed by atoms with van der Waals surface area (Å²) >= 11 is 0. The lowest BCUT2D eigenvalue weighted by molar-refractivity contribution is 0.111. The summed E-state index contributed by atoms with van der Waals surface area (Å²) in [6.07, 6.45) is 11.4. The molecule has 0 heterocycles. The first-order chi connectivity index (χ1) is 9.19. The molecule has 96 valence electrons. The molecule has 1 aromatic carbocycles. The van der Waals surface area contributed by atoms with Crippen LogP contribution in [0.3, 0.4) is 0 Å². The molecule has 0 radical (unpaired) electrons. The Kier molecular flexibility index (Phi) is 5.19. The van der Waals surface area contributed by atoms with Crippen LogP contribution >= 0.6 is 0 Å². The number of rotatable bonds is 6. The normalized spacial score (nSPS) is 9.00. The molecule has 4 nitrogen and oxygen atoms in total. The van der Waals surface area contributed by atoms with E-state index in [-0.39, 0.29) is 24.3 Å². The summed E-state index contributed by atoms with van der Waals surface area (Å²) in [6.45, 7) is 1.69. The van der Waals surface area contributed by atoms with Gasteiger partial charge in [0.05, 0.1) is 11.1 Å². The van der Waals surface area contributed by atoms with E-state index >= 15 is 0 Å². The lowest BCUT2D eigenvalue weighted by Crippen LogP contribution is -2.06. The molecule has 0 aliphatic rings. The number of aldehydes is 2. The minimum atomic E-state index is 0.0106. The number of terminal acetylenes is 2. The van der Waals surface area contributed by atoms with Crippen LogP contribution in [0.25, 0.3) is 0 Å². The van der Waals surface area contributed by atoms with Crippen LogP contribution in [0.5, 0.6) is 11.5 Å². The Bertz CT molecular complexity index is 525. The van der Waals surface area contributed by atoms with E-state index in [2.05, 4.69) is 11.8 Å². The highest BCUT2D eigenvalue weighted by molar-refractivity contribution is 5.89. The fourth-order valence-corrected chi connectivity index (χ4v) is 1.62. The van der Waals surface area contributed by atoms with E-state index in [9.17, 15) is 9.59 Å². The standard InChI is InChI=1S/C15H12O4/c1-4-6-18-14-11(3)15(19-7-5-2)13(10-17)8-12(14)9-16/h1-2,8-10H,6-7H2,3H3. The molecule has 0 fully saturated rings. The molecule has 4 heteroatoms. The van der Waals surface area contributed by atoms with Crippen molar-refractivity contribution in [3.63, 3.8) is 0 Å². The Labute approximate surface area is 111 Å². The van der Waals surface area contributed by atoms with Gasteiger partial charge in [-0.3, -0.25) is 9.59 Å². The first kappa shape index (κ1) is 14.3. The summed E-state index contributed by atoms with van der Waals surface area (Å²) in [7, 11) is 0. The summed E-state index contributed by atoms with van der Waals surface area (Å²) in [5.74, 6) is 5.20. The van der Waals surface area contributed by atoms with Crippen molar-refractivity contribution in [2.75, 3.05) is 13.2 Å². The van der Waals surface area contributed by atoms with Crippen molar-refractivity contribution in [3.8, 4) is 36.2 Å². The van der Waals surface area contributed by atoms with Crippen molar-refractivity contribution in [3.05, 3.63) is 22.8 Å². The Hall–Kier alpha value is -2.72. The van der Waals surface area contributed by atoms with Gasteiger partial charge in [-0.15, -0.1) is 12.8 Å². The average Bonchev–Trinajstić information content (AvgIpc) is 2.44. The third-order valence-corrected chi connectivity index (χ3v) is 2.37. The smallest absolute Gasteiger partial charge is 0.153 e. The van der Waals surface area contributed by atoms with E-state index < -0.39 is 0 Å². The average molecular weight is 256 g/mol. The SMILES string of the molecule is C#CCOc1c(C=O)cc(C=O)c(OCC#C)c1C. The zero-order valence-corrected chi connectivity index (χ0v) is 10.4. The third-order valence-electron chi connectivity index (χ3n) is 2.37. The number of carbonyl (C=O) groups excluding carboxylic acids is 2. The van der Waals surface area contributed by atoms with Crippen LogP contribution < -0.4 is 9.47 Å². The van der Waals surface area contributed by atoms with Gasteiger partial charge in [-0.1, -0.05) is 11.8 Å². The summed E-state index contributed by atoms with van der Waals surface area (Å²) < 4.78 is 10.6. The predicted molar refractivity (Wildman–Crippen MR) is 70.6 cm³/mol. The molecule has 0 aliphatic carbocycles. The van der Waals surface area contributed by atoms with Crippen molar-refractivity contribution in [1.82, 2.24) is 0 Å². The highest BCUT2D eigenvalue weighted by atomic mass is 16.5. The van der Waals surface area contributed by atoms with Crippen LogP contribution in [-0.2, 0) is 0 Å². The second-order valence-corrected chi connectivity index (χ2v) is 3.56. The molecule has 0 bridgehead atoms. The first-order valence-corrected chi connectivity index (χ1v) is 5.40. The zero-order valence-electron chi connectivity index (χ0n) is 10.4. The van der Waals surface area contributed by atoms with Gasteiger partial charge in [0.2, 0.25) is 0 Å². The number of hydrogen-bond donors (Lipinski definition) is 0. The topological polar surface area (TPSA) is 52.6 Å². The van der Waals surface area contributed by atoms with E-state index in [0.717, 1.165) is 0 Å². The monoisotopic (exact) mass is 256 g/mol. The molecule has 0 atom stereocenters. The predicted octanol–water partition coefficient (Wildman–Crippen LogP) is 1.64. The minimum Gasteiger partial charge on any atom is -0.480 e. The molecule has 0 aliphatic heterocycles. The Morgan fingerprint density at radius 1 is 1.05 bits per heavy atom. The minimum absolute atomic E-state index is 0.0106.